The van der Waals surface area contributed by atoms with Gasteiger partial charge in [-0.05, 0) is 12.1 Å². The fourth-order valence-electron chi connectivity index (χ4n) is 1.41. The second-order valence-corrected chi connectivity index (χ2v) is 5.17. The van der Waals surface area contributed by atoms with Crippen molar-refractivity contribution in [3.05, 3.63) is 29.6 Å². The van der Waals surface area contributed by atoms with Gasteiger partial charge in [0, 0.05) is 13.1 Å². The molecule has 0 unspecified atom stereocenters. The van der Waals surface area contributed by atoms with Crippen LogP contribution in [0.4, 0.5) is 13.2 Å². The fourth-order valence-corrected chi connectivity index (χ4v) is 2.92. The van der Waals surface area contributed by atoms with E-state index in [0.29, 0.717) is 6.07 Å². The third kappa shape index (κ3) is 2.44. The Morgan fingerprint density at radius 2 is 1.59 bits per heavy atom. The van der Waals surface area contributed by atoms with E-state index in [1.807, 2.05) is 0 Å². The number of nitrogens with zero attached hydrogens (tertiary/aromatic N) is 1. The van der Waals surface area contributed by atoms with Gasteiger partial charge in [-0.25, -0.2) is 21.6 Å². The van der Waals surface area contributed by atoms with E-state index < -0.39 is 32.4 Å². The molecule has 17 heavy (non-hydrogen) atoms. The maximum Gasteiger partial charge on any atom is 0.246 e. The molecule has 0 radical (unpaired) electrons. The van der Waals surface area contributed by atoms with E-state index in [0.717, 1.165) is 10.4 Å². The molecule has 0 bridgehead atoms. The molecule has 0 heterocycles. The standard InChI is InChI=1S/C10H12F3NO2S/c1-3-14(4-2)17(15,16)8-6-5-7(11)9(12)10(8)13/h5-6H,3-4H2,1-2H3. The van der Waals surface area contributed by atoms with Crippen molar-refractivity contribution in [2.75, 3.05) is 13.1 Å². The Morgan fingerprint density at radius 3 is 2.06 bits per heavy atom. The molecule has 0 aliphatic rings. The van der Waals surface area contributed by atoms with Gasteiger partial charge in [-0.2, -0.15) is 4.31 Å². The van der Waals surface area contributed by atoms with Crippen molar-refractivity contribution in [1.29, 1.82) is 0 Å². The maximum absolute atomic E-state index is 13.4. The lowest BCUT2D eigenvalue weighted by molar-refractivity contribution is 0.415. The van der Waals surface area contributed by atoms with Crippen molar-refractivity contribution < 1.29 is 21.6 Å². The largest absolute Gasteiger partial charge is 0.246 e. The Morgan fingerprint density at radius 1 is 1.06 bits per heavy atom. The average molecular weight is 267 g/mol. The minimum atomic E-state index is -4.12. The van der Waals surface area contributed by atoms with Gasteiger partial charge in [0.1, 0.15) is 4.90 Å². The van der Waals surface area contributed by atoms with Gasteiger partial charge in [0.25, 0.3) is 0 Å². The predicted molar refractivity (Wildman–Crippen MR) is 56.4 cm³/mol. The molecule has 0 saturated carbocycles. The first-order chi connectivity index (χ1) is 7.86. The van der Waals surface area contributed by atoms with Gasteiger partial charge in [0.2, 0.25) is 10.0 Å². The van der Waals surface area contributed by atoms with E-state index in [4.69, 9.17) is 0 Å². The quantitative estimate of drug-likeness (QED) is 0.784. The summed E-state index contributed by atoms with van der Waals surface area (Å²) in [4.78, 5) is -0.847. The summed E-state index contributed by atoms with van der Waals surface area (Å²) in [7, 11) is -4.12. The van der Waals surface area contributed by atoms with Crippen LogP contribution >= 0.6 is 0 Å². The van der Waals surface area contributed by atoms with E-state index >= 15 is 0 Å². The van der Waals surface area contributed by atoms with Gasteiger partial charge in [-0.15, -0.1) is 0 Å². The smallest absolute Gasteiger partial charge is 0.207 e. The molecule has 0 fully saturated rings. The SMILES string of the molecule is CCN(CC)S(=O)(=O)c1ccc(F)c(F)c1F. The summed E-state index contributed by atoms with van der Waals surface area (Å²) in [6.45, 7) is 3.38. The summed E-state index contributed by atoms with van der Waals surface area (Å²) in [5.41, 5.74) is 0. The van der Waals surface area contributed by atoms with Crippen LogP contribution < -0.4 is 0 Å². The Bertz CT molecular complexity index is 513. The zero-order valence-corrected chi connectivity index (χ0v) is 10.2. The third-order valence-electron chi connectivity index (χ3n) is 2.32. The minimum Gasteiger partial charge on any atom is -0.207 e. The number of sulfonamides is 1. The summed E-state index contributed by atoms with van der Waals surface area (Å²) in [6.07, 6.45) is 0. The van der Waals surface area contributed by atoms with Crippen molar-refractivity contribution in [2.24, 2.45) is 0 Å². The molecule has 7 heteroatoms. The van der Waals surface area contributed by atoms with Crippen LogP contribution in [-0.2, 0) is 10.0 Å². The summed E-state index contributed by atoms with van der Waals surface area (Å²) in [5, 5.41) is 0. The Labute approximate surface area is 97.9 Å². The molecule has 96 valence electrons. The summed E-state index contributed by atoms with van der Waals surface area (Å²) in [5.74, 6) is -4.88. The van der Waals surface area contributed by atoms with Crippen LogP contribution in [0.3, 0.4) is 0 Å². The van der Waals surface area contributed by atoms with E-state index in [2.05, 4.69) is 0 Å². The van der Waals surface area contributed by atoms with Crippen LogP contribution in [-0.4, -0.2) is 25.8 Å². The van der Waals surface area contributed by atoms with E-state index in [1.165, 1.54) is 0 Å². The first kappa shape index (κ1) is 14.0. The normalized spacial score (nSPS) is 12.1. The highest BCUT2D eigenvalue weighted by Crippen LogP contribution is 2.22. The molecular weight excluding hydrogens is 255 g/mol. The van der Waals surface area contributed by atoms with Gasteiger partial charge in [0.15, 0.2) is 17.5 Å². The molecule has 3 nitrogen and oxygen atoms in total. The lowest BCUT2D eigenvalue weighted by Crippen LogP contribution is -2.31. The highest BCUT2D eigenvalue weighted by atomic mass is 32.2. The van der Waals surface area contributed by atoms with Crippen LogP contribution in [0.2, 0.25) is 0 Å². The van der Waals surface area contributed by atoms with E-state index in [1.54, 1.807) is 13.8 Å². The molecule has 0 aliphatic carbocycles. The molecular formula is C10H12F3NO2S. The van der Waals surface area contributed by atoms with Crippen molar-refractivity contribution in [3.63, 3.8) is 0 Å². The molecule has 1 aromatic carbocycles. The number of benzene rings is 1. The summed E-state index contributed by atoms with van der Waals surface area (Å²) in [6, 6.07) is 1.32. The van der Waals surface area contributed by atoms with E-state index in [-0.39, 0.29) is 13.1 Å². The summed E-state index contributed by atoms with van der Waals surface area (Å²) >= 11 is 0. The second kappa shape index (κ2) is 5.05. The van der Waals surface area contributed by atoms with Crippen molar-refractivity contribution in [1.82, 2.24) is 4.31 Å². The first-order valence-corrected chi connectivity index (χ1v) is 6.43. The fraction of sp³-hybridized carbons (Fsp3) is 0.400. The Balaban J connectivity index is 3.40. The molecule has 1 aromatic rings. The molecule has 0 N–H and O–H groups in total. The van der Waals surface area contributed by atoms with E-state index in [9.17, 15) is 21.6 Å². The van der Waals surface area contributed by atoms with Gasteiger partial charge in [0.05, 0.1) is 0 Å². The number of rotatable bonds is 4. The van der Waals surface area contributed by atoms with Gasteiger partial charge in [-0.1, -0.05) is 13.8 Å². The van der Waals surface area contributed by atoms with Gasteiger partial charge < -0.3 is 0 Å². The monoisotopic (exact) mass is 267 g/mol. The van der Waals surface area contributed by atoms with Crippen molar-refractivity contribution in [3.8, 4) is 0 Å². The van der Waals surface area contributed by atoms with Crippen LogP contribution in [0.5, 0.6) is 0 Å². The second-order valence-electron chi connectivity index (χ2n) is 3.26. The topological polar surface area (TPSA) is 37.4 Å². The molecule has 1 rings (SSSR count). The molecule has 0 aromatic heterocycles. The molecule has 0 amide bonds. The minimum absolute atomic E-state index is 0.122. The molecule has 0 atom stereocenters. The van der Waals surface area contributed by atoms with Crippen LogP contribution in [0.15, 0.2) is 17.0 Å². The zero-order chi connectivity index (χ0) is 13.2. The zero-order valence-electron chi connectivity index (χ0n) is 9.37. The molecule has 0 spiro atoms. The van der Waals surface area contributed by atoms with Crippen LogP contribution in [0, 0.1) is 17.5 Å². The predicted octanol–water partition coefficient (Wildman–Crippen LogP) is 2.13. The lowest BCUT2D eigenvalue weighted by atomic mass is 10.3. The highest BCUT2D eigenvalue weighted by Gasteiger charge is 2.28. The van der Waals surface area contributed by atoms with Gasteiger partial charge in [-0.3, -0.25) is 0 Å². The maximum atomic E-state index is 13.4. The number of halogens is 3. The lowest BCUT2D eigenvalue weighted by Gasteiger charge is -2.18. The first-order valence-electron chi connectivity index (χ1n) is 4.99. The highest BCUT2D eigenvalue weighted by molar-refractivity contribution is 7.89. The van der Waals surface area contributed by atoms with Crippen molar-refractivity contribution in [2.45, 2.75) is 18.7 Å². The Hall–Kier alpha value is -1.08. The van der Waals surface area contributed by atoms with Gasteiger partial charge >= 0.3 is 0 Å². The van der Waals surface area contributed by atoms with Crippen LogP contribution in [0.1, 0.15) is 13.8 Å². The third-order valence-corrected chi connectivity index (χ3v) is 4.39. The Kier molecular flexibility index (Phi) is 4.16. The molecule has 0 aliphatic heterocycles. The summed E-state index contributed by atoms with van der Waals surface area (Å²) < 4.78 is 63.7. The van der Waals surface area contributed by atoms with Crippen LogP contribution in [0.25, 0.3) is 0 Å². The number of hydrogen-bond acceptors (Lipinski definition) is 2. The number of hydrogen-bond donors (Lipinski definition) is 0. The molecule has 0 saturated heterocycles. The van der Waals surface area contributed by atoms with Crippen molar-refractivity contribution >= 4 is 10.0 Å². The average Bonchev–Trinajstić information content (AvgIpc) is 2.27.